The number of aromatic nitrogens is 2. The van der Waals surface area contributed by atoms with Crippen molar-refractivity contribution in [1.82, 2.24) is 9.78 Å². The van der Waals surface area contributed by atoms with Crippen LogP contribution in [0.2, 0.25) is 5.02 Å². The number of ether oxygens (including phenoxy) is 2. The molecule has 0 radical (unpaired) electrons. The Morgan fingerprint density at radius 2 is 2.00 bits per heavy atom. The molecule has 114 valence electrons. The molecular weight excluding hydrogens is 290 g/mol. The van der Waals surface area contributed by atoms with E-state index >= 15 is 0 Å². The van der Waals surface area contributed by atoms with Crippen LogP contribution in [-0.2, 0) is 13.0 Å². The highest BCUT2D eigenvalue weighted by Crippen LogP contribution is 2.30. The molecule has 0 aliphatic rings. The van der Waals surface area contributed by atoms with Crippen molar-refractivity contribution in [2.45, 2.75) is 25.9 Å². The number of halogens is 1. The third kappa shape index (κ3) is 3.31. The Balaban J connectivity index is 2.23. The minimum atomic E-state index is -0.224. The topological polar surface area (TPSA) is 62.3 Å². The molecule has 21 heavy (non-hydrogen) atoms. The van der Waals surface area contributed by atoms with Crippen molar-refractivity contribution in [1.29, 1.82) is 0 Å². The summed E-state index contributed by atoms with van der Waals surface area (Å²) >= 11 is 6.18. The quantitative estimate of drug-likeness (QED) is 0.891. The lowest BCUT2D eigenvalue weighted by molar-refractivity contribution is 0.354. The molecule has 0 amide bonds. The molecule has 5 nitrogen and oxygen atoms in total. The van der Waals surface area contributed by atoms with Crippen molar-refractivity contribution in [3.63, 3.8) is 0 Å². The number of benzene rings is 1. The lowest BCUT2D eigenvalue weighted by atomic mass is 10.0. The molecule has 1 atom stereocenters. The number of aryl methyl sites for hydroxylation is 1. The van der Waals surface area contributed by atoms with Gasteiger partial charge in [0.05, 0.1) is 37.2 Å². The number of methoxy groups -OCH3 is 2. The van der Waals surface area contributed by atoms with Crippen LogP contribution >= 0.6 is 11.6 Å². The zero-order valence-corrected chi connectivity index (χ0v) is 13.2. The van der Waals surface area contributed by atoms with Gasteiger partial charge in [-0.15, -0.1) is 0 Å². The van der Waals surface area contributed by atoms with Gasteiger partial charge in [0.2, 0.25) is 0 Å². The van der Waals surface area contributed by atoms with Crippen molar-refractivity contribution in [2.75, 3.05) is 14.2 Å². The van der Waals surface area contributed by atoms with Gasteiger partial charge in [-0.05, 0) is 31.0 Å². The molecule has 1 aromatic carbocycles. The van der Waals surface area contributed by atoms with Gasteiger partial charge in [-0.25, -0.2) is 0 Å². The Morgan fingerprint density at radius 1 is 1.29 bits per heavy atom. The number of nitrogens with two attached hydrogens (primary N) is 1. The molecule has 0 spiro atoms. The number of nitrogens with zero attached hydrogens (tertiary/aromatic N) is 2. The van der Waals surface area contributed by atoms with Crippen molar-refractivity contribution in [3.05, 3.63) is 40.7 Å². The summed E-state index contributed by atoms with van der Waals surface area (Å²) in [6.07, 6.45) is 2.28. The monoisotopic (exact) mass is 309 g/mol. The molecule has 0 aliphatic heterocycles. The smallest absolute Gasteiger partial charge is 0.160 e. The Hall–Kier alpha value is -1.72. The summed E-state index contributed by atoms with van der Waals surface area (Å²) in [6.45, 7) is 2.75. The molecular formula is C15H20ClN3O2. The van der Waals surface area contributed by atoms with E-state index < -0.39 is 0 Å². The zero-order chi connectivity index (χ0) is 15.4. The standard InChI is InChI=1S/C15H20ClN3O2/c1-4-19-15(11(16)9-18-19)12(17)7-10-5-6-13(20-2)14(8-10)21-3/h5-6,8-9,12H,4,7,17H2,1-3H3. The summed E-state index contributed by atoms with van der Waals surface area (Å²) in [5.41, 5.74) is 8.20. The zero-order valence-electron chi connectivity index (χ0n) is 12.5. The first-order chi connectivity index (χ1) is 10.1. The highest BCUT2D eigenvalue weighted by molar-refractivity contribution is 6.31. The fourth-order valence-electron chi connectivity index (χ4n) is 2.35. The van der Waals surface area contributed by atoms with Crippen LogP contribution in [0.4, 0.5) is 0 Å². The lowest BCUT2D eigenvalue weighted by Gasteiger charge is -2.15. The van der Waals surface area contributed by atoms with Crippen LogP contribution in [0.25, 0.3) is 0 Å². The Morgan fingerprint density at radius 3 is 2.62 bits per heavy atom. The van der Waals surface area contributed by atoms with Gasteiger partial charge in [0.1, 0.15) is 0 Å². The number of rotatable bonds is 6. The third-order valence-electron chi connectivity index (χ3n) is 3.39. The third-order valence-corrected chi connectivity index (χ3v) is 3.68. The van der Waals surface area contributed by atoms with Gasteiger partial charge in [-0.2, -0.15) is 5.10 Å². The van der Waals surface area contributed by atoms with E-state index in [2.05, 4.69) is 5.10 Å². The molecule has 2 N–H and O–H groups in total. The highest BCUT2D eigenvalue weighted by atomic mass is 35.5. The van der Waals surface area contributed by atoms with Crippen LogP contribution < -0.4 is 15.2 Å². The number of hydrogen-bond acceptors (Lipinski definition) is 4. The van der Waals surface area contributed by atoms with Crippen LogP contribution in [0.5, 0.6) is 11.5 Å². The lowest BCUT2D eigenvalue weighted by Crippen LogP contribution is -2.18. The molecule has 1 heterocycles. The van der Waals surface area contributed by atoms with E-state index in [9.17, 15) is 0 Å². The molecule has 0 saturated carbocycles. The summed E-state index contributed by atoms with van der Waals surface area (Å²) in [7, 11) is 3.23. The van der Waals surface area contributed by atoms with E-state index in [4.69, 9.17) is 26.8 Å². The van der Waals surface area contributed by atoms with Gasteiger partial charge in [0.25, 0.3) is 0 Å². The van der Waals surface area contributed by atoms with Crippen LogP contribution in [0.1, 0.15) is 24.2 Å². The maximum Gasteiger partial charge on any atom is 0.160 e. The first kappa shape index (κ1) is 15.7. The fraction of sp³-hybridized carbons (Fsp3) is 0.400. The second-order valence-corrected chi connectivity index (χ2v) is 5.10. The van der Waals surface area contributed by atoms with Gasteiger partial charge >= 0.3 is 0 Å². The van der Waals surface area contributed by atoms with Crippen LogP contribution in [0.3, 0.4) is 0 Å². The predicted molar refractivity (Wildman–Crippen MR) is 83.1 cm³/mol. The van der Waals surface area contributed by atoms with E-state index in [0.29, 0.717) is 22.9 Å². The molecule has 0 saturated heterocycles. The Kier molecular flexibility index (Phi) is 5.09. The van der Waals surface area contributed by atoms with Crippen molar-refractivity contribution >= 4 is 11.6 Å². The van der Waals surface area contributed by atoms with Gasteiger partial charge in [-0.3, -0.25) is 4.68 Å². The SMILES string of the molecule is CCn1ncc(Cl)c1C(N)Cc1ccc(OC)c(OC)c1. The summed E-state index contributed by atoms with van der Waals surface area (Å²) in [4.78, 5) is 0. The normalized spacial score (nSPS) is 12.2. The van der Waals surface area contributed by atoms with E-state index in [0.717, 1.165) is 17.8 Å². The highest BCUT2D eigenvalue weighted by Gasteiger charge is 2.17. The van der Waals surface area contributed by atoms with Crippen molar-refractivity contribution < 1.29 is 9.47 Å². The number of hydrogen-bond donors (Lipinski definition) is 1. The fourth-order valence-corrected chi connectivity index (χ4v) is 2.63. The van der Waals surface area contributed by atoms with Crippen molar-refractivity contribution in [3.8, 4) is 11.5 Å². The van der Waals surface area contributed by atoms with Crippen LogP contribution in [-0.4, -0.2) is 24.0 Å². The van der Waals surface area contributed by atoms with Gasteiger partial charge in [-0.1, -0.05) is 17.7 Å². The molecule has 0 bridgehead atoms. The first-order valence-electron chi connectivity index (χ1n) is 6.78. The molecule has 0 fully saturated rings. The minimum absolute atomic E-state index is 0.224. The van der Waals surface area contributed by atoms with E-state index in [1.807, 2.05) is 29.8 Å². The Labute approximate surface area is 129 Å². The van der Waals surface area contributed by atoms with Crippen LogP contribution in [0.15, 0.2) is 24.4 Å². The minimum Gasteiger partial charge on any atom is -0.493 e. The van der Waals surface area contributed by atoms with E-state index in [-0.39, 0.29) is 6.04 Å². The molecule has 2 aromatic rings. The largest absolute Gasteiger partial charge is 0.493 e. The summed E-state index contributed by atoms with van der Waals surface area (Å²) < 4.78 is 12.4. The van der Waals surface area contributed by atoms with Crippen LogP contribution in [0, 0.1) is 0 Å². The molecule has 1 aromatic heterocycles. The van der Waals surface area contributed by atoms with E-state index in [1.54, 1.807) is 20.4 Å². The molecule has 6 heteroatoms. The van der Waals surface area contributed by atoms with E-state index in [1.165, 1.54) is 0 Å². The summed E-state index contributed by atoms with van der Waals surface area (Å²) in [5, 5.41) is 4.82. The Bertz CT molecular complexity index is 613. The van der Waals surface area contributed by atoms with Gasteiger partial charge < -0.3 is 15.2 Å². The maximum absolute atomic E-state index is 6.29. The molecule has 1 unspecified atom stereocenters. The first-order valence-corrected chi connectivity index (χ1v) is 7.16. The summed E-state index contributed by atoms with van der Waals surface area (Å²) in [6, 6.07) is 5.55. The van der Waals surface area contributed by atoms with Gasteiger partial charge in [0, 0.05) is 6.54 Å². The molecule has 2 rings (SSSR count). The predicted octanol–water partition coefficient (Wildman–Crippen LogP) is 2.82. The second-order valence-electron chi connectivity index (χ2n) is 4.69. The molecule has 0 aliphatic carbocycles. The van der Waals surface area contributed by atoms with Gasteiger partial charge in [0.15, 0.2) is 11.5 Å². The van der Waals surface area contributed by atoms with Crippen molar-refractivity contribution in [2.24, 2.45) is 5.73 Å². The second kappa shape index (κ2) is 6.83. The average molecular weight is 310 g/mol. The summed E-state index contributed by atoms with van der Waals surface area (Å²) in [5.74, 6) is 1.39. The maximum atomic E-state index is 6.29. The average Bonchev–Trinajstić information content (AvgIpc) is 2.88.